The minimum absolute atomic E-state index is 0.178. The highest BCUT2D eigenvalue weighted by Crippen LogP contribution is 2.25. The third kappa shape index (κ3) is 3.06. The average Bonchev–Trinajstić information content (AvgIpc) is 2.86. The molecule has 0 unspecified atom stereocenters. The molecule has 1 amide bonds. The highest BCUT2D eigenvalue weighted by atomic mass is 16.5. The molecule has 0 aliphatic carbocycles. The molecule has 0 fully saturated rings. The maximum atomic E-state index is 12.7. The van der Waals surface area contributed by atoms with Crippen molar-refractivity contribution in [3.05, 3.63) is 59.0 Å². The molecular formula is C18H19N5O2. The number of rotatable bonds is 3. The Labute approximate surface area is 145 Å². The van der Waals surface area contributed by atoms with E-state index >= 15 is 0 Å². The van der Waals surface area contributed by atoms with Crippen molar-refractivity contribution >= 4 is 11.6 Å². The molecule has 3 heterocycles. The van der Waals surface area contributed by atoms with Crippen molar-refractivity contribution in [1.29, 1.82) is 0 Å². The molecule has 0 spiro atoms. The van der Waals surface area contributed by atoms with E-state index in [2.05, 4.69) is 20.8 Å². The lowest BCUT2D eigenvalue weighted by Crippen LogP contribution is -2.25. The van der Waals surface area contributed by atoms with Gasteiger partial charge in [-0.1, -0.05) is 18.2 Å². The summed E-state index contributed by atoms with van der Waals surface area (Å²) in [6, 6.07) is 9.52. The van der Waals surface area contributed by atoms with Gasteiger partial charge < -0.3 is 15.4 Å². The molecule has 25 heavy (non-hydrogen) atoms. The Balaban J connectivity index is 1.55. The topological polar surface area (TPSA) is 80.5 Å². The molecule has 0 saturated heterocycles. The van der Waals surface area contributed by atoms with Crippen LogP contribution in [0.25, 0.3) is 5.65 Å². The Morgan fingerprint density at radius 2 is 2.24 bits per heavy atom. The van der Waals surface area contributed by atoms with Crippen molar-refractivity contribution in [1.82, 2.24) is 25.2 Å². The number of hydrogen-bond acceptors (Lipinski definition) is 5. The van der Waals surface area contributed by atoms with Gasteiger partial charge in [-0.3, -0.25) is 9.20 Å². The third-order valence-electron chi connectivity index (χ3n) is 4.21. The smallest absolute Gasteiger partial charge is 0.255 e. The largest absolute Gasteiger partial charge is 0.491 e. The number of pyridine rings is 1. The number of ether oxygens (including phenoxy) is 1. The molecule has 1 aliphatic heterocycles. The summed E-state index contributed by atoms with van der Waals surface area (Å²) in [5.41, 5.74) is 3.41. The van der Waals surface area contributed by atoms with Gasteiger partial charge in [0, 0.05) is 24.8 Å². The van der Waals surface area contributed by atoms with E-state index in [0.29, 0.717) is 36.8 Å². The molecule has 0 bridgehead atoms. The summed E-state index contributed by atoms with van der Waals surface area (Å²) < 4.78 is 7.66. The maximum Gasteiger partial charge on any atom is 0.255 e. The SMILES string of the molecule is Cc1ccc2nnc(CNC(=O)c3cccc4c3OCCNC4)n2c1. The molecule has 0 saturated carbocycles. The molecule has 2 aromatic heterocycles. The average molecular weight is 337 g/mol. The van der Waals surface area contributed by atoms with E-state index in [1.54, 1.807) is 6.07 Å². The molecule has 7 nitrogen and oxygen atoms in total. The summed E-state index contributed by atoms with van der Waals surface area (Å²) >= 11 is 0. The summed E-state index contributed by atoms with van der Waals surface area (Å²) in [5, 5.41) is 14.5. The Kier molecular flexibility index (Phi) is 4.07. The summed E-state index contributed by atoms with van der Waals surface area (Å²) in [5.74, 6) is 1.17. The Bertz CT molecular complexity index is 934. The molecule has 1 aliphatic rings. The van der Waals surface area contributed by atoms with Crippen LogP contribution in [0, 0.1) is 6.92 Å². The Morgan fingerprint density at radius 3 is 3.16 bits per heavy atom. The van der Waals surface area contributed by atoms with Crippen LogP contribution in [0.15, 0.2) is 36.5 Å². The number of para-hydroxylation sites is 1. The number of carbonyl (C=O) groups excluding carboxylic acids is 1. The van der Waals surface area contributed by atoms with Gasteiger partial charge in [0.25, 0.3) is 5.91 Å². The first-order chi connectivity index (χ1) is 12.2. The molecule has 3 aromatic rings. The van der Waals surface area contributed by atoms with Crippen molar-refractivity contribution in [3.63, 3.8) is 0 Å². The summed E-state index contributed by atoms with van der Waals surface area (Å²) in [6.45, 7) is 4.31. The van der Waals surface area contributed by atoms with E-state index in [-0.39, 0.29) is 5.91 Å². The van der Waals surface area contributed by atoms with Crippen LogP contribution in [-0.2, 0) is 13.1 Å². The van der Waals surface area contributed by atoms with Gasteiger partial charge in [-0.15, -0.1) is 10.2 Å². The number of aromatic nitrogens is 3. The maximum absolute atomic E-state index is 12.7. The predicted octanol–water partition coefficient (Wildman–Crippen LogP) is 1.45. The lowest BCUT2D eigenvalue weighted by Gasteiger charge is -2.12. The van der Waals surface area contributed by atoms with E-state index in [1.807, 2.05) is 41.8 Å². The highest BCUT2D eigenvalue weighted by molar-refractivity contribution is 5.97. The van der Waals surface area contributed by atoms with Gasteiger partial charge in [0.1, 0.15) is 12.4 Å². The fourth-order valence-corrected chi connectivity index (χ4v) is 2.94. The molecule has 4 rings (SSSR count). The van der Waals surface area contributed by atoms with Crippen LogP contribution in [0.5, 0.6) is 5.75 Å². The monoisotopic (exact) mass is 337 g/mol. The molecule has 7 heteroatoms. The van der Waals surface area contributed by atoms with Gasteiger partial charge in [-0.2, -0.15) is 0 Å². The molecule has 128 valence electrons. The first-order valence-electron chi connectivity index (χ1n) is 8.26. The van der Waals surface area contributed by atoms with Crippen molar-refractivity contribution in [2.24, 2.45) is 0 Å². The zero-order valence-electron chi connectivity index (χ0n) is 14.0. The van der Waals surface area contributed by atoms with Crippen LogP contribution >= 0.6 is 0 Å². The highest BCUT2D eigenvalue weighted by Gasteiger charge is 2.18. The van der Waals surface area contributed by atoms with Crippen molar-refractivity contribution < 1.29 is 9.53 Å². The second-order valence-corrected chi connectivity index (χ2v) is 6.05. The second-order valence-electron chi connectivity index (χ2n) is 6.05. The lowest BCUT2D eigenvalue weighted by atomic mass is 10.1. The van der Waals surface area contributed by atoms with Crippen LogP contribution in [0.3, 0.4) is 0 Å². The number of fused-ring (bicyclic) bond motifs is 2. The van der Waals surface area contributed by atoms with Crippen LogP contribution in [0.2, 0.25) is 0 Å². The van der Waals surface area contributed by atoms with Gasteiger partial charge in [-0.25, -0.2) is 0 Å². The third-order valence-corrected chi connectivity index (χ3v) is 4.21. The number of hydrogen-bond donors (Lipinski definition) is 2. The summed E-state index contributed by atoms with van der Waals surface area (Å²) in [6.07, 6.45) is 1.96. The Hall–Kier alpha value is -2.93. The van der Waals surface area contributed by atoms with Gasteiger partial charge >= 0.3 is 0 Å². The van der Waals surface area contributed by atoms with Crippen LogP contribution in [0.1, 0.15) is 27.3 Å². The first-order valence-corrected chi connectivity index (χ1v) is 8.26. The van der Waals surface area contributed by atoms with Gasteiger partial charge in [0.05, 0.1) is 12.1 Å². The van der Waals surface area contributed by atoms with Crippen molar-refractivity contribution in [3.8, 4) is 5.75 Å². The summed E-state index contributed by atoms with van der Waals surface area (Å²) in [4.78, 5) is 12.7. The fraction of sp³-hybridized carbons (Fsp3) is 0.278. The number of nitrogens with zero attached hydrogens (tertiary/aromatic N) is 3. The van der Waals surface area contributed by atoms with E-state index in [9.17, 15) is 4.79 Å². The lowest BCUT2D eigenvalue weighted by molar-refractivity contribution is 0.0946. The zero-order chi connectivity index (χ0) is 17.2. The van der Waals surface area contributed by atoms with Crippen LogP contribution in [0.4, 0.5) is 0 Å². The van der Waals surface area contributed by atoms with Crippen molar-refractivity contribution in [2.75, 3.05) is 13.2 Å². The van der Waals surface area contributed by atoms with E-state index in [4.69, 9.17) is 4.74 Å². The molecule has 1 aromatic carbocycles. The van der Waals surface area contributed by atoms with Gasteiger partial charge in [0.15, 0.2) is 11.5 Å². The second kappa shape index (κ2) is 6.52. The van der Waals surface area contributed by atoms with E-state index in [0.717, 1.165) is 23.3 Å². The van der Waals surface area contributed by atoms with Crippen molar-refractivity contribution in [2.45, 2.75) is 20.0 Å². The van der Waals surface area contributed by atoms with E-state index < -0.39 is 0 Å². The first kappa shape index (κ1) is 15.6. The van der Waals surface area contributed by atoms with Crippen LogP contribution in [-0.4, -0.2) is 33.7 Å². The number of nitrogens with one attached hydrogen (secondary N) is 2. The minimum atomic E-state index is -0.178. The number of amides is 1. The fourth-order valence-electron chi connectivity index (χ4n) is 2.94. The normalized spacial score (nSPS) is 13.8. The quantitative estimate of drug-likeness (QED) is 0.756. The zero-order valence-corrected chi connectivity index (χ0v) is 14.0. The molecule has 2 N–H and O–H groups in total. The number of benzene rings is 1. The molecular weight excluding hydrogens is 318 g/mol. The van der Waals surface area contributed by atoms with E-state index in [1.165, 1.54) is 0 Å². The standard InChI is InChI=1S/C18H19N5O2/c1-12-5-6-15-21-22-16(23(15)11-12)10-20-18(24)14-4-2-3-13-9-19-7-8-25-17(13)14/h2-6,11,19H,7-10H2,1H3,(H,20,24). The Morgan fingerprint density at radius 1 is 1.32 bits per heavy atom. The minimum Gasteiger partial charge on any atom is -0.491 e. The number of carbonyl (C=O) groups is 1. The molecule has 0 atom stereocenters. The number of aryl methyl sites for hydroxylation is 1. The molecule has 0 radical (unpaired) electrons. The van der Waals surface area contributed by atoms with Crippen LogP contribution < -0.4 is 15.4 Å². The van der Waals surface area contributed by atoms with Gasteiger partial charge in [0.2, 0.25) is 0 Å². The van der Waals surface area contributed by atoms with Gasteiger partial charge in [-0.05, 0) is 24.6 Å². The predicted molar refractivity (Wildman–Crippen MR) is 92.5 cm³/mol. The summed E-state index contributed by atoms with van der Waals surface area (Å²) in [7, 11) is 0.